The molecule has 4 nitrogen and oxygen atoms in total. The second-order valence-corrected chi connectivity index (χ2v) is 8.11. The summed E-state index contributed by atoms with van der Waals surface area (Å²) in [6, 6.07) is 3.98. The van der Waals surface area contributed by atoms with Gasteiger partial charge in [-0.25, -0.2) is 0 Å². The predicted molar refractivity (Wildman–Crippen MR) is 107 cm³/mol. The van der Waals surface area contributed by atoms with Crippen molar-refractivity contribution in [3.63, 3.8) is 0 Å². The fraction of sp³-hybridized carbons (Fsp3) is 0.682. The third-order valence-electron chi connectivity index (χ3n) is 4.70. The van der Waals surface area contributed by atoms with Crippen molar-refractivity contribution in [1.29, 1.82) is 0 Å². The van der Waals surface area contributed by atoms with E-state index in [1.165, 1.54) is 25.7 Å². The molecule has 3 N–H and O–H groups in total. The number of hydrogen-bond donors (Lipinski definition) is 2. The highest BCUT2D eigenvalue weighted by atomic mass is 16.5. The summed E-state index contributed by atoms with van der Waals surface area (Å²) < 4.78 is 5.35. The van der Waals surface area contributed by atoms with Gasteiger partial charge in [-0.1, -0.05) is 65.9 Å². The maximum atomic E-state index is 12.0. The lowest BCUT2D eigenvalue weighted by atomic mass is 9.84. The molecule has 0 atom stereocenters. The SMILES string of the molecule is CCCCCCCCOC(=O)CCc1cc([NH2+]C)c(O)c(C(C)(C)C)c1. The summed E-state index contributed by atoms with van der Waals surface area (Å²) in [5, 5.41) is 12.3. The molecule has 1 rings (SSSR count). The van der Waals surface area contributed by atoms with Gasteiger partial charge in [-0.3, -0.25) is 4.79 Å². The Morgan fingerprint density at radius 1 is 1.12 bits per heavy atom. The molecular weight excluding hydrogens is 326 g/mol. The van der Waals surface area contributed by atoms with Crippen molar-refractivity contribution < 1.29 is 20.0 Å². The molecule has 0 aliphatic rings. The first-order chi connectivity index (χ1) is 12.3. The quantitative estimate of drug-likeness (QED) is 0.265. The Labute approximate surface area is 159 Å². The van der Waals surface area contributed by atoms with E-state index in [4.69, 9.17) is 4.74 Å². The zero-order valence-corrected chi connectivity index (χ0v) is 17.4. The van der Waals surface area contributed by atoms with Crippen LogP contribution in [0.3, 0.4) is 0 Å². The summed E-state index contributed by atoms with van der Waals surface area (Å²) in [7, 11) is 1.92. The van der Waals surface area contributed by atoms with Gasteiger partial charge in [0.2, 0.25) is 0 Å². The number of carbonyl (C=O) groups excluding carboxylic acids is 1. The fourth-order valence-corrected chi connectivity index (χ4v) is 3.04. The number of unbranched alkanes of at least 4 members (excludes halogenated alkanes) is 5. The maximum absolute atomic E-state index is 12.0. The molecule has 0 saturated carbocycles. The van der Waals surface area contributed by atoms with E-state index in [1.807, 2.05) is 24.5 Å². The lowest BCUT2D eigenvalue weighted by molar-refractivity contribution is -0.540. The molecule has 1 aromatic carbocycles. The largest absolute Gasteiger partial charge is 0.503 e. The van der Waals surface area contributed by atoms with E-state index in [9.17, 15) is 9.90 Å². The van der Waals surface area contributed by atoms with Gasteiger partial charge in [0.05, 0.1) is 13.7 Å². The van der Waals surface area contributed by atoms with Crippen molar-refractivity contribution in [2.45, 2.75) is 84.5 Å². The van der Waals surface area contributed by atoms with Crippen LogP contribution in [0.25, 0.3) is 0 Å². The van der Waals surface area contributed by atoms with E-state index in [0.717, 1.165) is 29.7 Å². The van der Waals surface area contributed by atoms with Crippen LogP contribution < -0.4 is 5.32 Å². The topological polar surface area (TPSA) is 63.1 Å². The van der Waals surface area contributed by atoms with Gasteiger partial charge in [-0.05, 0) is 23.8 Å². The van der Waals surface area contributed by atoms with Crippen molar-refractivity contribution >= 4 is 11.7 Å². The third-order valence-corrected chi connectivity index (χ3v) is 4.70. The van der Waals surface area contributed by atoms with Crippen LogP contribution in [0.4, 0.5) is 5.69 Å². The van der Waals surface area contributed by atoms with E-state index in [0.29, 0.717) is 25.2 Å². The second kappa shape index (κ2) is 11.2. The Morgan fingerprint density at radius 3 is 2.38 bits per heavy atom. The van der Waals surface area contributed by atoms with Gasteiger partial charge in [-0.2, -0.15) is 0 Å². The van der Waals surface area contributed by atoms with E-state index in [2.05, 4.69) is 27.7 Å². The number of quaternary nitrogens is 1. The first-order valence-corrected chi connectivity index (χ1v) is 10.1. The molecule has 0 spiro atoms. The standard InChI is InChI=1S/C22H37NO3/c1-6-7-8-9-10-11-14-26-20(24)13-12-17-15-18(22(2,3)4)21(25)19(16-17)23-5/h15-16,23,25H,6-14H2,1-5H3/p+1. The molecule has 0 bridgehead atoms. The number of phenolic OH excluding ortho intramolecular Hbond substituents is 1. The van der Waals surface area contributed by atoms with Gasteiger partial charge in [0, 0.05) is 18.1 Å². The number of aromatic hydroxyl groups is 1. The summed E-state index contributed by atoms with van der Waals surface area (Å²) in [6.45, 7) is 8.99. The van der Waals surface area contributed by atoms with Crippen molar-refractivity contribution in [1.82, 2.24) is 0 Å². The second-order valence-electron chi connectivity index (χ2n) is 8.11. The summed E-state index contributed by atoms with van der Waals surface area (Å²) >= 11 is 0. The molecule has 0 saturated heterocycles. The van der Waals surface area contributed by atoms with Crippen LogP contribution in [0.5, 0.6) is 5.75 Å². The van der Waals surface area contributed by atoms with Crippen LogP contribution in [0.2, 0.25) is 0 Å². The van der Waals surface area contributed by atoms with Crippen molar-refractivity contribution in [2.75, 3.05) is 13.7 Å². The van der Waals surface area contributed by atoms with E-state index >= 15 is 0 Å². The number of carbonyl (C=O) groups is 1. The third kappa shape index (κ3) is 7.77. The van der Waals surface area contributed by atoms with Gasteiger partial charge >= 0.3 is 5.97 Å². The van der Waals surface area contributed by atoms with Crippen LogP contribution in [0, 0.1) is 0 Å². The fourth-order valence-electron chi connectivity index (χ4n) is 3.04. The average molecular weight is 365 g/mol. The molecular formula is C22H38NO3+. The molecule has 0 amide bonds. The van der Waals surface area contributed by atoms with E-state index < -0.39 is 0 Å². The Kier molecular flexibility index (Phi) is 9.71. The van der Waals surface area contributed by atoms with E-state index in [1.54, 1.807) is 0 Å². The summed E-state index contributed by atoms with van der Waals surface area (Å²) in [4.78, 5) is 12.0. The summed E-state index contributed by atoms with van der Waals surface area (Å²) in [5.41, 5.74) is 2.67. The summed E-state index contributed by atoms with van der Waals surface area (Å²) in [6.07, 6.45) is 8.16. The zero-order valence-electron chi connectivity index (χ0n) is 17.4. The van der Waals surface area contributed by atoms with Crippen LogP contribution in [-0.4, -0.2) is 24.7 Å². The average Bonchev–Trinajstić information content (AvgIpc) is 2.59. The Hall–Kier alpha value is -1.55. The van der Waals surface area contributed by atoms with Gasteiger partial charge in [0.25, 0.3) is 0 Å². The van der Waals surface area contributed by atoms with Crippen molar-refractivity contribution in [3.8, 4) is 5.75 Å². The smallest absolute Gasteiger partial charge is 0.306 e. The number of hydrogen-bond acceptors (Lipinski definition) is 3. The molecule has 0 fully saturated rings. The number of phenols is 1. The van der Waals surface area contributed by atoms with Gasteiger partial charge in [-0.15, -0.1) is 0 Å². The van der Waals surface area contributed by atoms with Gasteiger partial charge in [0.15, 0.2) is 11.4 Å². The maximum Gasteiger partial charge on any atom is 0.306 e. The highest BCUT2D eigenvalue weighted by Crippen LogP contribution is 2.35. The van der Waals surface area contributed by atoms with Crippen LogP contribution >= 0.6 is 0 Å². The summed E-state index contributed by atoms with van der Waals surface area (Å²) in [5.74, 6) is 0.209. The van der Waals surface area contributed by atoms with Crippen molar-refractivity contribution in [3.05, 3.63) is 23.3 Å². The lowest BCUT2D eigenvalue weighted by Gasteiger charge is -2.22. The number of ether oxygens (including phenoxy) is 1. The first kappa shape index (κ1) is 22.5. The molecule has 0 heterocycles. The zero-order chi connectivity index (χ0) is 19.6. The van der Waals surface area contributed by atoms with Crippen molar-refractivity contribution in [2.24, 2.45) is 0 Å². The molecule has 148 valence electrons. The predicted octanol–water partition coefficient (Wildman–Crippen LogP) is 4.35. The number of esters is 1. The monoisotopic (exact) mass is 364 g/mol. The number of benzene rings is 1. The molecule has 1 aromatic rings. The molecule has 0 radical (unpaired) electrons. The van der Waals surface area contributed by atoms with Gasteiger partial charge in [0.1, 0.15) is 0 Å². The first-order valence-electron chi connectivity index (χ1n) is 10.1. The molecule has 26 heavy (non-hydrogen) atoms. The Balaban J connectivity index is 2.48. The number of aryl methyl sites for hydroxylation is 1. The Bertz CT molecular complexity index is 561. The Morgan fingerprint density at radius 2 is 1.77 bits per heavy atom. The highest BCUT2D eigenvalue weighted by molar-refractivity contribution is 5.70. The normalized spacial score (nSPS) is 11.6. The van der Waals surface area contributed by atoms with E-state index in [-0.39, 0.29) is 11.4 Å². The minimum absolute atomic E-state index is 0.133. The molecule has 4 heteroatoms. The number of nitrogens with two attached hydrogens (primary N) is 1. The van der Waals surface area contributed by atoms with Crippen LogP contribution in [0.1, 0.15) is 83.8 Å². The minimum Gasteiger partial charge on any atom is -0.503 e. The van der Waals surface area contributed by atoms with Crippen LogP contribution in [0.15, 0.2) is 12.1 Å². The molecule has 0 aliphatic heterocycles. The number of rotatable bonds is 11. The molecule has 0 unspecified atom stereocenters. The lowest BCUT2D eigenvalue weighted by Crippen LogP contribution is -2.72. The van der Waals surface area contributed by atoms with Crippen LogP contribution in [-0.2, 0) is 21.4 Å². The highest BCUT2D eigenvalue weighted by Gasteiger charge is 2.22. The molecule has 0 aliphatic carbocycles. The van der Waals surface area contributed by atoms with Gasteiger partial charge < -0.3 is 15.2 Å². The minimum atomic E-state index is -0.143. The molecule has 0 aromatic heterocycles.